The van der Waals surface area contributed by atoms with Gasteiger partial charge in [-0.25, -0.2) is 14.8 Å². The lowest BCUT2D eigenvalue weighted by Gasteiger charge is -2.45. The summed E-state index contributed by atoms with van der Waals surface area (Å²) in [7, 11) is 0. The Morgan fingerprint density at radius 2 is 2.14 bits per heavy atom. The van der Waals surface area contributed by atoms with Gasteiger partial charge in [0.1, 0.15) is 5.82 Å². The van der Waals surface area contributed by atoms with Crippen molar-refractivity contribution >= 4 is 11.7 Å². The highest BCUT2D eigenvalue weighted by atomic mass is 16.4. The Kier molecular flexibility index (Phi) is 3.80. The van der Waals surface area contributed by atoms with Crippen molar-refractivity contribution in [3.05, 3.63) is 17.7 Å². The van der Waals surface area contributed by atoms with Crippen LogP contribution in [0.15, 0.2) is 6.20 Å². The number of hydrogen-bond acceptors (Lipinski definition) is 5. The van der Waals surface area contributed by atoms with E-state index >= 15 is 0 Å². The lowest BCUT2D eigenvalue weighted by atomic mass is 9.84. The molecule has 2 bridgehead atoms. The predicted octanol–water partition coefficient (Wildman–Crippen LogP) is 1.80. The van der Waals surface area contributed by atoms with Crippen LogP contribution >= 0.6 is 0 Å². The van der Waals surface area contributed by atoms with E-state index in [1.165, 1.54) is 12.8 Å². The number of piperidine rings is 3. The van der Waals surface area contributed by atoms with E-state index in [1.54, 1.807) is 6.20 Å². The number of carbonyl (C=O) groups is 1. The Morgan fingerprint density at radius 1 is 1.43 bits per heavy atom. The van der Waals surface area contributed by atoms with Crippen molar-refractivity contribution in [1.29, 1.82) is 0 Å². The molecule has 21 heavy (non-hydrogen) atoms. The minimum Gasteiger partial charge on any atom is -0.476 e. The monoisotopic (exact) mass is 290 g/mol. The minimum atomic E-state index is -0.997. The van der Waals surface area contributed by atoms with Crippen molar-refractivity contribution in [2.24, 2.45) is 5.92 Å². The van der Waals surface area contributed by atoms with Gasteiger partial charge in [-0.1, -0.05) is 13.8 Å². The Balaban J connectivity index is 1.83. The Labute approximate surface area is 124 Å². The van der Waals surface area contributed by atoms with Crippen LogP contribution in [0, 0.1) is 5.92 Å². The van der Waals surface area contributed by atoms with Crippen LogP contribution in [0.2, 0.25) is 0 Å². The smallest absolute Gasteiger partial charge is 0.356 e. The largest absolute Gasteiger partial charge is 0.476 e. The van der Waals surface area contributed by atoms with E-state index in [9.17, 15) is 9.90 Å². The topological polar surface area (TPSA) is 78.4 Å². The van der Waals surface area contributed by atoms with Gasteiger partial charge in [0.2, 0.25) is 0 Å². The number of aromatic nitrogens is 2. The molecule has 6 nitrogen and oxygen atoms in total. The van der Waals surface area contributed by atoms with Crippen LogP contribution in [0.25, 0.3) is 0 Å². The second kappa shape index (κ2) is 5.60. The van der Waals surface area contributed by atoms with Gasteiger partial charge in [-0.3, -0.25) is 0 Å². The Morgan fingerprint density at radius 3 is 2.67 bits per heavy atom. The van der Waals surface area contributed by atoms with Crippen molar-refractivity contribution < 1.29 is 9.90 Å². The fourth-order valence-electron chi connectivity index (χ4n) is 3.27. The van der Waals surface area contributed by atoms with Crippen LogP contribution in [-0.2, 0) is 0 Å². The summed E-state index contributed by atoms with van der Waals surface area (Å²) < 4.78 is 0. The van der Waals surface area contributed by atoms with E-state index in [4.69, 9.17) is 0 Å². The lowest BCUT2D eigenvalue weighted by Crippen LogP contribution is -2.53. The van der Waals surface area contributed by atoms with Gasteiger partial charge in [0.15, 0.2) is 5.69 Å². The Hall–Kier alpha value is -1.69. The summed E-state index contributed by atoms with van der Waals surface area (Å²) in [6, 6.07) is 0.305. The van der Waals surface area contributed by atoms with E-state index in [1.807, 2.05) is 13.8 Å². The molecule has 1 aromatic rings. The molecule has 114 valence electrons. The van der Waals surface area contributed by atoms with E-state index in [0.29, 0.717) is 23.5 Å². The molecule has 4 rings (SSSR count). The highest BCUT2D eigenvalue weighted by Gasteiger charge is 2.34. The van der Waals surface area contributed by atoms with Gasteiger partial charge < -0.3 is 15.3 Å². The van der Waals surface area contributed by atoms with Crippen LogP contribution in [0.5, 0.6) is 0 Å². The van der Waals surface area contributed by atoms with Gasteiger partial charge in [-0.05, 0) is 31.8 Å². The van der Waals surface area contributed by atoms with Gasteiger partial charge in [0, 0.05) is 18.5 Å². The number of anilines is 1. The molecule has 0 aliphatic carbocycles. The third-order valence-corrected chi connectivity index (χ3v) is 4.52. The molecular weight excluding hydrogens is 268 g/mol. The second-order valence-electron chi connectivity index (χ2n) is 6.34. The number of hydrogen-bond donors (Lipinski definition) is 2. The van der Waals surface area contributed by atoms with E-state index < -0.39 is 5.97 Å². The first kappa shape index (κ1) is 14.3. The molecule has 0 aromatic carbocycles. The first-order chi connectivity index (χ1) is 10.0. The normalized spacial score (nSPS) is 27.9. The van der Waals surface area contributed by atoms with Crippen LogP contribution < -0.4 is 5.32 Å². The fourth-order valence-corrected chi connectivity index (χ4v) is 3.27. The van der Waals surface area contributed by atoms with Crippen molar-refractivity contribution in [3.63, 3.8) is 0 Å². The zero-order valence-corrected chi connectivity index (χ0v) is 12.5. The second-order valence-corrected chi connectivity index (χ2v) is 6.34. The zero-order chi connectivity index (χ0) is 15.0. The maximum Gasteiger partial charge on any atom is 0.356 e. The van der Waals surface area contributed by atoms with Gasteiger partial charge in [-0.15, -0.1) is 0 Å². The molecule has 0 saturated carbocycles. The first-order valence-electron chi connectivity index (χ1n) is 7.63. The van der Waals surface area contributed by atoms with Crippen LogP contribution in [0.4, 0.5) is 5.69 Å². The highest BCUT2D eigenvalue weighted by Crippen LogP contribution is 2.30. The molecule has 4 heterocycles. The minimum absolute atomic E-state index is 0.0881. The predicted molar refractivity (Wildman–Crippen MR) is 79.7 cm³/mol. The molecule has 1 atom stereocenters. The fraction of sp³-hybridized carbons (Fsp3) is 0.667. The maximum absolute atomic E-state index is 11.5. The van der Waals surface area contributed by atoms with Crippen LogP contribution in [-0.4, -0.2) is 51.6 Å². The van der Waals surface area contributed by atoms with E-state index in [2.05, 4.69) is 20.2 Å². The SMILES string of the molecule is CC(C)c1ncc(NC2CN3CCC2CC3)c(C(=O)O)n1. The maximum atomic E-state index is 11.5. The number of nitrogens with one attached hydrogen (secondary N) is 1. The molecule has 0 radical (unpaired) electrons. The van der Waals surface area contributed by atoms with Gasteiger partial charge in [0.05, 0.1) is 11.9 Å². The van der Waals surface area contributed by atoms with Crippen molar-refractivity contribution in [1.82, 2.24) is 14.9 Å². The molecule has 3 saturated heterocycles. The average molecular weight is 290 g/mol. The summed E-state index contributed by atoms with van der Waals surface area (Å²) in [5, 5.41) is 12.8. The molecule has 1 unspecified atom stereocenters. The number of rotatable bonds is 4. The molecule has 3 aliphatic heterocycles. The van der Waals surface area contributed by atoms with Gasteiger partial charge in [-0.2, -0.15) is 0 Å². The van der Waals surface area contributed by atoms with Crippen LogP contribution in [0.3, 0.4) is 0 Å². The van der Waals surface area contributed by atoms with Gasteiger partial charge >= 0.3 is 5.97 Å². The summed E-state index contributed by atoms with van der Waals surface area (Å²) in [5.74, 6) is 0.324. The number of carboxylic acids is 1. The molecule has 0 spiro atoms. The summed E-state index contributed by atoms with van der Waals surface area (Å²) in [6.07, 6.45) is 4.00. The molecule has 3 fully saturated rings. The average Bonchev–Trinajstić information content (AvgIpc) is 2.48. The summed E-state index contributed by atoms with van der Waals surface area (Å²) in [5.41, 5.74) is 0.635. The summed E-state index contributed by atoms with van der Waals surface area (Å²) in [6.45, 7) is 7.23. The molecule has 0 amide bonds. The third kappa shape index (κ3) is 2.85. The molecule has 1 aromatic heterocycles. The molecule has 6 heteroatoms. The number of carboxylic acid groups (broad SMARTS) is 1. The van der Waals surface area contributed by atoms with E-state index in [0.717, 1.165) is 19.6 Å². The van der Waals surface area contributed by atoms with Crippen molar-refractivity contribution in [2.45, 2.75) is 38.6 Å². The van der Waals surface area contributed by atoms with Crippen molar-refractivity contribution in [3.8, 4) is 0 Å². The van der Waals surface area contributed by atoms with E-state index in [-0.39, 0.29) is 11.6 Å². The third-order valence-electron chi connectivity index (χ3n) is 4.52. The molecule has 2 N–H and O–H groups in total. The highest BCUT2D eigenvalue weighted by molar-refractivity contribution is 5.91. The number of aromatic carboxylic acids is 1. The molecule has 3 aliphatic rings. The Bertz CT molecular complexity index is 538. The zero-order valence-electron chi connectivity index (χ0n) is 12.5. The van der Waals surface area contributed by atoms with Crippen LogP contribution in [0.1, 0.15) is 48.9 Å². The number of fused-ring (bicyclic) bond motifs is 3. The standard InChI is InChI=1S/C15H22N4O2/c1-9(2)14-16-7-11(13(18-14)15(20)21)17-12-8-19-5-3-10(12)4-6-19/h7,9-10,12,17H,3-6,8H2,1-2H3,(H,20,21). The molecular formula is C15H22N4O2. The van der Waals surface area contributed by atoms with Crippen molar-refractivity contribution in [2.75, 3.05) is 25.0 Å². The number of nitrogens with zero attached hydrogens (tertiary/aromatic N) is 3. The first-order valence-corrected chi connectivity index (χ1v) is 7.63. The summed E-state index contributed by atoms with van der Waals surface area (Å²) >= 11 is 0. The van der Waals surface area contributed by atoms with Gasteiger partial charge in [0.25, 0.3) is 0 Å². The summed E-state index contributed by atoms with van der Waals surface area (Å²) in [4.78, 5) is 22.4. The lowest BCUT2D eigenvalue weighted by molar-refractivity contribution is 0.0690. The quantitative estimate of drug-likeness (QED) is 0.880.